The van der Waals surface area contributed by atoms with E-state index in [0.29, 0.717) is 16.8 Å². The zero-order chi connectivity index (χ0) is 20.1. The summed E-state index contributed by atoms with van der Waals surface area (Å²) in [7, 11) is 0. The lowest BCUT2D eigenvalue weighted by molar-refractivity contribution is -0.117. The summed E-state index contributed by atoms with van der Waals surface area (Å²) in [5.74, 6) is -0.106. The number of H-pyrrole nitrogens is 1. The van der Waals surface area contributed by atoms with Crippen LogP contribution in [-0.4, -0.2) is 41.1 Å². The number of carbonyl (C=O) groups is 2. The highest BCUT2D eigenvalue weighted by molar-refractivity contribution is 5.94. The van der Waals surface area contributed by atoms with Crippen molar-refractivity contribution in [3.63, 3.8) is 0 Å². The minimum absolute atomic E-state index is 0.0344. The van der Waals surface area contributed by atoms with E-state index in [4.69, 9.17) is 0 Å². The lowest BCUT2D eigenvalue weighted by Crippen LogP contribution is -2.40. The number of aliphatic hydroxyl groups excluding tert-OH is 1. The Morgan fingerprint density at radius 3 is 2.79 bits per heavy atom. The first-order valence-corrected chi connectivity index (χ1v) is 9.48. The van der Waals surface area contributed by atoms with Crippen molar-refractivity contribution in [2.75, 3.05) is 13.1 Å². The van der Waals surface area contributed by atoms with Crippen LogP contribution >= 0.6 is 0 Å². The van der Waals surface area contributed by atoms with Crippen molar-refractivity contribution in [1.82, 2.24) is 15.6 Å². The molecule has 1 aliphatic carbocycles. The molecule has 0 saturated heterocycles. The average molecular weight is 383 g/mol. The van der Waals surface area contributed by atoms with Crippen molar-refractivity contribution < 1.29 is 14.7 Å². The smallest absolute Gasteiger partial charge is 0.267 e. The van der Waals surface area contributed by atoms with E-state index < -0.39 is 12.0 Å². The van der Waals surface area contributed by atoms with E-state index in [-0.39, 0.29) is 30.1 Å². The molecule has 28 heavy (non-hydrogen) atoms. The normalized spacial score (nSPS) is 18.9. The summed E-state index contributed by atoms with van der Waals surface area (Å²) in [5, 5.41) is 15.7. The van der Waals surface area contributed by atoms with Crippen LogP contribution in [0.1, 0.15) is 36.7 Å². The third-order valence-electron chi connectivity index (χ3n) is 4.90. The van der Waals surface area contributed by atoms with Gasteiger partial charge in [0.1, 0.15) is 5.69 Å². The molecule has 1 aromatic carbocycles. The highest BCUT2D eigenvalue weighted by Crippen LogP contribution is 2.29. The molecular formula is C21H25N3O4. The maximum Gasteiger partial charge on any atom is 0.267 e. The number of fused-ring (bicyclic) bond motifs is 1. The molecule has 2 atom stereocenters. The van der Waals surface area contributed by atoms with Crippen molar-refractivity contribution in [2.45, 2.75) is 32.3 Å². The molecule has 4 N–H and O–H groups in total. The fourth-order valence-electron chi connectivity index (χ4n) is 3.37. The molecule has 1 aliphatic rings. The molecule has 0 bridgehead atoms. The van der Waals surface area contributed by atoms with Crippen LogP contribution in [0.25, 0.3) is 10.9 Å². The zero-order valence-electron chi connectivity index (χ0n) is 15.8. The first-order valence-electron chi connectivity index (χ1n) is 9.48. The number of aromatic nitrogens is 1. The molecule has 1 saturated carbocycles. The van der Waals surface area contributed by atoms with E-state index >= 15 is 0 Å². The summed E-state index contributed by atoms with van der Waals surface area (Å²) in [4.78, 5) is 39.2. The van der Waals surface area contributed by atoms with Gasteiger partial charge in [-0.3, -0.25) is 14.4 Å². The maximum absolute atomic E-state index is 12.3. The van der Waals surface area contributed by atoms with Gasteiger partial charge < -0.3 is 20.7 Å². The third-order valence-corrected chi connectivity index (χ3v) is 4.90. The highest BCUT2D eigenvalue weighted by Gasteiger charge is 2.16. The first kappa shape index (κ1) is 19.8. The number of pyridine rings is 1. The first-order chi connectivity index (χ1) is 13.4. The molecule has 2 aromatic rings. The largest absolute Gasteiger partial charge is 0.389 e. The molecular weight excluding hydrogens is 358 g/mol. The van der Waals surface area contributed by atoms with Gasteiger partial charge in [-0.1, -0.05) is 24.6 Å². The molecule has 7 heteroatoms. The Balaban J connectivity index is 1.49. The lowest BCUT2D eigenvalue weighted by atomic mass is 10.1. The van der Waals surface area contributed by atoms with Gasteiger partial charge in [0, 0.05) is 36.1 Å². The number of hydrogen-bond donors (Lipinski definition) is 4. The summed E-state index contributed by atoms with van der Waals surface area (Å²) in [6.45, 7) is 2.15. The van der Waals surface area contributed by atoms with E-state index in [9.17, 15) is 19.5 Å². The number of allylic oxidation sites excluding steroid dienone is 1. The fraction of sp³-hybridized carbons (Fsp3) is 0.381. The Labute approximate surface area is 162 Å². The van der Waals surface area contributed by atoms with Gasteiger partial charge in [0.2, 0.25) is 5.91 Å². The fourth-order valence-corrected chi connectivity index (χ4v) is 3.37. The average Bonchev–Trinajstić information content (AvgIpc) is 3.09. The number of para-hydroxylation sites is 1. The molecule has 1 fully saturated rings. The highest BCUT2D eigenvalue weighted by atomic mass is 16.3. The summed E-state index contributed by atoms with van der Waals surface area (Å²) < 4.78 is 0. The Morgan fingerprint density at radius 1 is 1.29 bits per heavy atom. The molecule has 2 amide bonds. The minimum atomic E-state index is -0.930. The third kappa shape index (κ3) is 5.07. The van der Waals surface area contributed by atoms with Crippen molar-refractivity contribution in [1.29, 1.82) is 0 Å². The van der Waals surface area contributed by atoms with E-state index in [1.54, 1.807) is 30.3 Å². The van der Waals surface area contributed by atoms with Gasteiger partial charge in [-0.25, -0.2) is 0 Å². The van der Waals surface area contributed by atoms with Gasteiger partial charge in [-0.2, -0.15) is 0 Å². The summed E-state index contributed by atoms with van der Waals surface area (Å²) in [5.41, 5.74) is 1.58. The summed E-state index contributed by atoms with van der Waals surface area (Å²) >= 11 is 0. The molecule has 3 rings (SSSR count). The van der Waals surface area contributed by atoms with Gasteiger partial charge >= 0.3 is 0 Å². The topological polar surface area (TPSA) is 111 Å². The van der Waals surface area contributed by atoms with E-state index in [1.807, 2.05) is 0 Å². The molecule has 0 radical (unpaired) electrons. The lowest BCUT2D eigenvalue weighted by Gasteiger charge is -2.12. The Kier molecular flexibility index (Phi) is 6.26. The van der Waals surface area contributed by atoms with Crippen LogP contribution in [0.4, 0.5) is 0 Å². The zero-order valence-corrected chi connectivity index (χ0v) is 15.8. The van der Waals surface area contributed by atoms with Gasteiger partial charge in [0.05, 0.1) is 6.10 Å². The SMILES string of the molecule is CC1CC/C(=C\C(=O)NCC(O)CNC(=O)c2cc(=O)c3ccccc3[nH]2)C1. The number of benzene rings is 1. The minimum Gasteiger partial charge on any atom is -0.389 e. The molecule has 1 heterocycles. The number of rotatable bonds is 6. The Bertz CT molecular complexity index is 964. The van der Waals surface area contributed by atoms with Crippen molar-refractivity contribution in [3.05, 3.63) is 57.9 Å². The van der Waals surface area contributed by atoms with Crippen LogP contribution in [-0.2, 0) is 4.79 Å². The van der Waals surface area contributed by atoms with Crippen LogP contribution in [0.15, 0.2) is 46.8 Å². The number of nitrogens with one attached hydrogen (secondary N) is 3. The predicted octanol–water partition coefficient (Wildman–Crippen LogP) is 1.48. The summed E-state index contributed by atoms with van der Waals surface area (Å²) in [6.07, 6.45) is 3.66. The second kappa shape index (κ2) is 8.84. The van der Waals surface area contributed by atoms with Crippen molar-refractivity contribution in [3.8, 4) is 0 Å². The van der Waals surface area contributed by atoms with Crippen LogP contribution in [0.5, 0.6) is 0 Å². The Morgan fingerprint density at radius 2 is 2.04 bits per heavy atom. The number of amides is 2. The van der Waals surface area contributed by atoms with Crippen LogP contribution < -0.4 is 16.1 Å². The summed E-state index contributed by atoms with van der Waals surface area (Å²) in [6, 6.07) is 8.17. The van der Waals surface area contributed by atoms with Crippen LogP contribution in [0, 0.1) is 5.92 Å². The van der Waals surface area contributed by atoms with Gasteiger partial charge in [-0.05, 0) is 37.3 Å². The standard InChI is InChI=1S/C21H25N3O4/c1-13-6-7-14(8-13)9-20(27)22-11-15(25)12-23-21(28)18-10-19(26)16-4-2-3-5-17(16)24-18/h2-5,9-10,13,15,25H,6-8,11-12H2,1H3,(H,22,27)(H,23,28)(H,24,26)/b14-9+. The predicted molar refractivity (Wildman–Crippen MR) is 107 cm³/mol. The van der Waals surface area contributed by atoms with Gasteiger partial charge in [0.25, 0.3) is 5.91 Å². The van der Waals surface area contributed by atoms with E-state index in [2.05, 4.69) is 22.5 Å². The molecule has 1 aromatic heterocycles. The molecule has 148 valence electrons. The van der Waals surface area contributed by atoms with Crippen LogP contribution in [0.3, 0.4) is 0 Å². The molecule has 0 aliphatic heterocycles. The monoisotopic (exact) mass is 383 g/mol. The second-order valence-electron chi connectivity index (χ2n) is 7.35. The van der Waals surface area contributed by atoms with E-state index in [1.165, 1.54) is 6.07 Å². The van der Waals surface area contributed by atoms with Crippen molar-refractivity contribution >= 4 is 22.7 Å². The molecule has 7 nitrogen and oxygen atoms in total. The number of aliphatic hydroxyl groups is 1. The quantitative estimate of drug-likeness (QED) is 0.566. The van der Waals surface area contributed by atoms with Crippen molar-refractivity contribution in [2.24, 2.45) is 5.92 Å². The van der Waals surface area contributed by atoms with E-state index in [0.717, 1.165) is 24.8 Å². The number of aromatic amines is 1. The van der Waals surface area contributed by atoms with Gasteiger partial charge in [0.15, 0.2) is 5.43 Å². The second-order valence-corrected chi connectivity index (χ2v) is 7.35. The van der Waals surface area contributed by atoms with Gasteiger partial charge in [-0.15, -0.1) is 0 Å². The number of hydrogen-bond acceptors (Lipinski definition) is 4. The maximum atomic E-state index is 12.3. The van der Waals surface area contributed by atoms with Crippen LogP contribution in [0.2, 0.25) is 0 Å². The molecule has 2 unspecified atom stereocenters. The molecule has 0 spiro atoms. The Hall–Kier alpha value is -2.93. The number of carbonyl (C=O) groups excluding carboxylic acids is 2.